The summed E-state index contributed by atoms with van der Waals surface area (Å²) in [7, 11) is 1.92. The zero-order valence-corrected chi connectivity index (χ0v) is 36.7. The molecule has 0 spiro atoms. The number of nitrogens with zero attached hydrogens (tertiary/aromatic N) is 9. The van der Waals surface area contributed by atoms with E-state index in [1.807, 2.05) is 91.7 Å². The summed E-state index contributed by atoms with van der Waals surface area (Å²) in [5.74, 6) is -2.28. The van der Waals surface area contributed by atoms with Crippen LogP contribution in [0.5, 0.6) is 0 Å². The van der Waals surface area contributed by atoms with E-state index in [4.69, 9.17) is 24.9 Å². The monoisotopic (exact) mass is 887 g/mol. The normalized spacial score (nSPS) is 14.4. The Balaban J connectivity index is 1.08. The van der Waals surface area contributed by atoms with Crippen LogP contribution < -0.4 is 10.6 Å². The molecular formula is C49H49N11O6. The molecule has 3 N–H and O–H groups in total. The number of pyridine rings is 6. The number of aryl methyl sites for hydroxylation is 1. The largest absolute Gasteiger partial charge is 0.478 e. The molecule has 1 fully saturated rings. The number of rotatable bonds is 12. The fraction of sp³-hybridized carbons (Fsp3) is 0.286. The minimum absolute atomic E-state index is 0.00405. The van der Waals surface area contributed by atoms with Crippen molar-refractivity contribution in [2.24, 2.45) is 0 Å². The average Bonchev–Trinajstić information content (AvgIpc) is 3.62. The zero-order valence-electron chi connectivity index (χ0n) is 36.7. The smallest absolute Gasteiger partial charge is 0.335 e. The molecule has 0 radical (unpaired) electrons. The van der Waals surface area contributed by atoms with Crippen molar-refractivity contribution >= 4 is 29.6 Å². The molecular weight excluding hydrogens is 839 g/mol. The second-order valence-corrected chi connectivity index (χ2v) is 16.4. The molecule has 66 heavy (non-hydrogen) atoms. The van der Waals surface area contributed by atoms with Gasteiger partial charge in [0.05, 0.1) is 68.2 Å². The third-order valence-electron chi connectivity index (χ3n) is 11.1. The van der Waals surface area contributed by atoms with Crippen LogP contribution in [0.3, 0.4) is 0 Å². The van der Waals surface area contributed by atoms with Gasteiger partial charge in [0.15, 0.2) is 0 Å². The van der Waals surface area contributed by atoms with Gasteiger partial charge in [0.2, 0.25) is 17.7 Å². The summed E-state index contributed by atoms with van der Waals surface area (Å²) in [6.07, 6.45) is 0.869. The van der Waals surface area contributed by atoms with Gasteiger partial charge in [-0.2, -0.15) is 0 Å². The Morgan fingerprint density at radius 1 is 0.606 bits per heavy atom. The van der Waals surface area contributed by atoms with Gasteiger partial charge in [-0.05, 0) is 93.2 Å². The Labute approximate surface area is 381 Å². The van der Waals surface area contributed by atoms with Gasteiger partial charge in [0, 0.05) is 82.9 Å². The molecule has 0 saturated carbocycles. The second kappa shape index (κ2) is 20.5. The Kier molecular flexibility index (Phi) is 13.9. The van der Waals surface area contributed by atoms with Crippen molar-refractivity contribution in [1.82, 2.24) is 55.2 Å². The highest BCUT2D eigenvalue weighted by Crippen LogP contribution is 2.25. The summed E-state index contributed by atoms with van der Waals surface area (Å²) < 4.78 is 0. The molecule has 17 nitrogen and oxygen atoms in total. The molecule has 2 aliphatic heterocycles. The van der Waals surface area contributed by atoms with Gasteiger partial charge in [-0.1, -0.05) is 24.3 Å². The number of carbonyl (C=O) groups is 5. The number of carbonyl (C=O) groups excluding carboxylic acids is 4. The second-order valence-electron chi connectivity index (χ2n) is 16.4. The molecule has 1 saturated heterocycles. The van der Waals surface area contributed by atoms with Crippen LogP contribution in [0.25, 0.3) is 34.2 Å². The van der Waals surface area contributed by atoms with Crippen LogP contribution >= 0.6 is 0 Å². The predicted molar refractivity (Wildman–Crippen MR) is 243 cm³/mol. The van der Waals surface area contributed by atoms with Gasteiger partial charge >= 0.3 is 5.97 Å². The number of aromatic carboxylic acids is 1. The van der Waals surface area contributed by atoms with Crippen LogP contribution in [0.15, 0.2) is 97.1 Å². The van der Waals surface area contributed by atoms with Crippen molar-refractivity contribution in [3.05, 3.63) is 142 Å². The SMILES string of the molecule is Cc1cccc(-c2cccc(CN3Cc4cccc(n4)-c4cccc(n4)CN(C)Cc4cc(C(=O)NCCNC(=O)CCCN5C(=O)CCC5=O)cc(n4)-c4cc(C(=O)O)cc(n4)C3)n2)n1. The van der Waals surface area contributed by atoms with Crippen molar-refractivity contribution in [2.75, 3.05) is 26.7 Å². The number of nitrogens with one attached hydrogen (secondary N) is 2. The van der Waals surface area contributed by atoms with Crippen LogP contribution in [-0.4, -0.2) is 106 Å². The molecule has 0 aromatic carbocycles. The Morgan fingerprint density at radius 2 is 1.14 bits per heavy atom. The maximum Gasteiger partial charge on any atom is 0.335 e. The predicted octanol–water partition coefficient (Wildman–Crippen LogP) is 4.99. The van der Waals surface area contributed by atoms with E-state index in [0.717, 1.165) is 34.2 Å². The molecule has 0 aliphatic carbocycles. The molecule has 4 amide bonds. The van der Waals surface area contributed by atoms with Crippen molar-refractivity contribution in [2.45, 2.75) is 65.3 Å². The quantitative estimate of drug-likeness (QED) is 0.109. The summed E-state index contributed by atoms with van der Waals surface area (Å²) >= 11 is 0. The van der Waals surface area contributed by atoms with E-state index >= 15 is 0 Å². The summed E-state index contributed by atoms with van der Waals surface area (Å²) in [6, 6.07) is 29.5. The highest BCUT2D eigenvalue weighted by Gasteiger charge is 2.28. The third-order valence-corrected chi connectivity index (χ3v) is 11.1. The minimum Gasteiger partial charge on any atom is -0.478 e. The van der Waals surface area contributed by atoms with Crippen molar-refractivity contribution in [1.29, 1.82) is 0 Å². The number of carboxylic acid groups (broad SMARTS) is 1. The number of amides is 4. The first-order valence-corrected chi connectivity index (χ1v) is 21.8. The highest BCUT2D eigenvalue weighted by atomic mass is 16.4. The molecule has 336 valence electrons. The van der Waals surface area contributed by atoms with E-state index in [1.54, 1.807) is 18.2 Å². The number of imide groups is 1. The first kappa shape index (κ1) is 45.0. The van der Waals surface area contributed by atoms with Crippen molar-refractivity contribution < 1.29 is 29.1 Å². The molecule has 8 bridgehead atoms. The van der Waals surface area contributed by atoms with Crippen LogP contribution in [0.1, 0.15) is 80.6 Å². The summed E-state index contributed by atoms with van der Waals surface area (Å²) in [6.45, 7) is 4.07. The topological polar surface area (TPSA) is 217 Å². The molecule has 2 aliphatic rings. The number of likely N-dealkylation sites (tertiary alicyclic amines) is 1. The van der Waals surface area contributed by atoms with Crippen LogP contribution in [0.4, 0.5) is 0 Å². The van der Waals surface area contributed by atoms with E-state index in [2.05, 4.69) is 20.5 Å². The highest BCUT2D eigenvalue weighted by molar-refractivity contribution is 6.02. The lowest BCUT2D eigenvalue weighted by Crippen LogP contribution is -2.35. The number of fused-ring (bicyclic) bond motifs is 10. The van der Waals surface area contributed by atoms with Crippen LogP contribution in [-0.2, 0) is 47.1 Å². The lowest BCUT2D eigenvalue weighted by atomic mass is 10.1. The Hall–Kier alpha value is -7.63. The van der Waals surface area contributed by atoms with Crippen molar-refractivity contribution in [3.8, 4) is 34.2 Å². The Morgan fingerprint density at radius 3 is 1.82 bits per heavy atom. The first-order valence-electron chi connectivity index (χ1n) is 21.8. The van der Waals surface area contributed by atoms with Crippen LogP contribution in [0.2, 0.25) is 0 Å². The van der Waals surface area contributed by atoms with Gasteiger partial charge in [-0.15, -0.1) is 0 Å². The zero-order chi connectivity index (χ0) is 46.2. The first-order chi connectivity index (χ1) is 31.9. The van der Waals surface area contributed by atoms with E-state index in [-0.39, 0.29) is 80.0 Å². The fourth-order valence-corrected chi connectivity index (χ4v) is 7.97. The van der Waals surface area contributed by atoms with E-state index < -0.39 is 11.9 Å². The molecule has 6 aromatic rings. The Bertz CT molecular complexity index is 2800. The molecule has 0 atom stereocenters. The molecule has 8 rings (SSSR count). The van der Waals surface area contributed by atoms with Gasteiger partial charge in [-0.3, -0.25) is 38.9 Å². The van der Waals surface area contributed by atoms with Crippen LogP contribution in [0, 0.1) is 6.92 Å². The van der Waals surface area contributed by atoms with Gasteiger partial charge in [0.1, 0.15) is 0 Å². The molecule has 8 heterocycles. The van der Waals surface area contributed by atoms with Crippen molar-refractivity contribution in [3.63, 3.8) is 0 Å². The number of carboxylic acids is 1. The third kappa shape index (κ3) is 11.5. The summed E-state index contributed by atoms with van der Waals surface area (Å²) in [5, 5.41) is 16.0. The average molecular weight is 888 g/mol. The van der Waals surface area contributed by atoms with E-state index in [0.29, 0.717) is 61.1 Å². The number of hydrogen-bond donors (Lipinski definition) is 3. The standard InChI is InChI=1S/C49H49N11O6/c1-31-8-3-12-39(52-31)40-13-5-10-35(54-40)28-59-29-36-11-6-15-42(55-36)41-14-4-9-34(53-41)26-58(2)27-37-22-32(24-43(56-37)44-25-33(49(65)66)23-38(30-59)57-44)48(64)51-20-19-50-45(61)16-7-21-60-46(62)17-18-47(60)63/h3-6,8-15,22-25H,7,16-21,26-30H2,1-2H3,(H,50,61)(H,51,64)(H,65,66). The molecule has 17 heteroatoms. The number of hydrogen-bond acceptors (Lipinski definition) is 13. The lowest BCUT2D eigenvalue weighted by Gasteiger charge is -2.23. The van der Waals surface area contributed by atoms with Gasteiger partial charge in [-0.25, -0.2) is 29.7 Å². The number of aromatic nitrogens is 6. The molecule has 6 aromatic heterocycles. The van der Waals surface area contributed by atoms with E-state index in [1.165, 1.54) is 11.0 Å². The van der Waals surface area contributed by atoms with E-state index in [9.17, 15) is 29.1 Å². The summed E-state index contributed by atoms with van der Waals surface area (Å²) in [4.78, 5) is 97.6. The fourth-order valence-electron chi connectivity index (χ4n) is 7.97. The lowest BCUT2D eigenvalue weighted by molar-refractivity contribution is -0.138. The maximum atomic E-state index is 13.8. The van der Waals surface area contributed by atoms with Gasteiger partial charge < -0.3 is 15.7 Å². The summed E-state index contributed by atoms with van der Waals surface area (Å²) in [5.41, 5.74) is 7.94. The maximum absolute atomic E-state index is 13.8. The molecule has 0 unspecified atom stereocenters. The van der Waals surface area contributed by atoms with Gasteiger partial charge in [0.25, 0.3) is 5.91 Å². The minimum atomic E-state index is -1.15.